The van der Waals surface area contributed by atoms with E-state index in [0.29, 0.717) is 17.8 Å². The van der Waals surface area contributed by atoms with Crippen LogP contribution in [0, 0.1) is 6.92 Å². The molecule has 0 aliphatic heterocycles. The van der Waals surface area contributed by atoms with Gasteiger partial charge in [-0.3, -0.25) is 4.79 Å². The van der Waals surface area contributed by atoms with E-state index in [0.717, 1.165) is 22.5 Å². The van der Waals surface area contributed by atoms with Crippen LogP contribution in [-0.2, 0) is 6.54 Å². The van der Waals surface area contributed by atoms with Crippen LogP contribution >= 0.6 is 0 Å². The number of anilines is 3. The lowest BCUT2D eigenvalue weighted by atomic mass is 10.1. The Bertz CT molecular complexity index is 1050. The molecule has 6 nitrogen and oxygen atoms in total. The van der Waals surface area contributed by atoms with Gasteiger partial charge in [0, 0.05) is 43.3 Å². The van der Waals surface area contributed by atoms with Gasteiger partial charge in [0.1, 0.15) is 0 Å². The van der Waals surface area contributed by atoms with Gasteiger partial charge in [0.25, 0.3) is 5.91 Å². The minimum atomic E-state index is -0.317. The Morgan fingerprint density at radius 2 is 1.50 bits per heavy atom. The van der Waals surface area contributed by atoms with Crippen LogP contribution in [0.2, 0.25) is 0 Å². The SMILES string of the molecule is Cc1cccc(NC(=O)Nc2cccc(CNC(=O)c3cccc(N(C)C)c3)c2)c1. The van der Waals surface area contributed by atoms with Crippen molar-refractivity contribution in [3.05, 3.63) is 89.5 Å². The average molecular weight is 402 g/mol. The number of hydrogen-bond donors (Lipinski definition) is 3. The van der Waals surface area contributed by atoms with Crippen LogP contribution in [0.5, 0.6) is 0 Å². The van der Waals surface area contributed by atoms with Crippen molar-refractivity contribution in [1.29, 1.82) is 0 Å². The Labute approximate surface area is 176 Å². The minimum absolute atomic E-state index is 0.144. The van der Waals surface area contributed by atoms with Gasteiger partial charge in [0.15, 0.2) is 0 Å². The Kier molecular flexibility index (Phi) is 6.70. The van der Waals surface area contributed by atoms with Crippen molar-refractivity contribution in [3.8, 4) is 0 Å². The summed E-state index contributed by atoms with van der Waals surface area (Å²) in [4.78, 5) is 26.7. The maximum atomic E-state index is 12.5. The molecule has 3 N–H and O–H groups in total. The molecule has 6 heteroatoms. The molecule has 0 bridgehead atoms. The molecule has 0 aliphatic rings. The molecular formula is C24H26N4O2. The third-order valence-electron chi connectivity index (χ3n) is 4.54. The van der Waals surface area contributed by atoms with E-state index < -0.39 is 0 Å². The van der Waals surface area contributed by atoms with E-state index in [2.05, 4.69) is 16.0 Å². The van der Waals surface area contributed by atoms with Crippen LogP contribution in [0.25, 0.3) is 0 Å². The second-order valence-corrected chi connectivity index (χ2v) is 7.28. The fraction of sp³-hybridized carbons (Fsp3) is 0.167. The highest BCUT2D eigenvalue weighted by Gasteiger charge is 2.08. The van der Waals surface area contributed by atoms with Gasteiger partial charge in [0.05, 0.1) is 0 Å². The summed E-state index contributed by atoms with van der Waals surface area (Å²) in [6, 6.07) is 22.1. The molecule has 3 amide bonds. The summed E-state index contributed by atoms with van der Waals surface area (Å²) in [5.41, 5.74) is 4.92. The van der Waals surface area contributed by atoms with Crippen LogP contribution in [0.15, 0.2) is 72.8 Å². The van der Waals surface area contributed by atoms with E-state index in [-0.39, 0.29) is 11.9 Å². The van der Waals surface area contributed by atoms with Gasteiger partial charge in [-0.2, -0.15) is 0 Å². The number of carbonyl (C=O) groups excluding carboxylic acids is 2. The molecule has 0 fully saturated rings. The second-order valence-electron chi connectivity index (χ2n) is 7.28. The van der Waals surface area contributed by atoms with Gasteiger partial charge in [-0.1, -0.05) is 30.3 Å². The number of nitrogens with zero attached hydrogens (tertiary/aromatic N) is 1. The predicted octanol–water partition coefficient (Wildman–Crippen LogP) is 4.64. The van der Waals surface area contributed by atoms with Crippen molar-refractivity contribution in [2.75, 3.05) is 29.6 Å². The standard InChI is InChI=1S/C24H26N4O2/c1-17-7-4-10-20(13-17)26-24(30)27-21-11-5-8-18(14-21)16-25-23(29)19-9-6-12-22(15-19)28(2)3/h4-15H,16H2,1-3H3,(H,25,29)(H2,26,27,30). The van der Waals surface area contributed by atoms with Crippen molar-refractivity contribution < 1.29 is 9.59 Å². The van der Waals surface area contributed by atoms with Crippen LogP contribution in [-0.4, -0.2) is 26.0 Å². The maximum absolute atomic E-state index is 12.5. The van der Waals surface area contributed by atoms with Crippen molar-refractivity contribution in [3.63, 3.8) is 0 Å². The van der Waals surface area contributed by atoms with E-state index >= 15 is 0 Å². The summed E-state index contributed by atoms with van der Waals surface area (Å²) in [6.07, 6.45) is 0. The molecule has 3 aromatic carbocycles. The first-order chi connectivity index (χ1) is 14.4. The van der Waals surface area contributed by atoms with Crippen molar-refractivity contribution >= 4 is 29.0 Å². The molecule has 0 spiro atoms. The highest BCUT2D eigenvalue weighted by atomic mass is 16.2. The predicted molar refractivity (Wildman–Crippen MR) is 122 cm³/mol. The number of nitrogens with one attached hydrogen (secondary N) is 3. The summed E-state index contributed by atoms with van der Waals surface area (Å²) in [6.45, 7) is 2.33. The molecule has 0 saturated carbocycles. The normalized spacial score (nSPS) is 10.2. The van der Waals surface area contributed by atoms with Crippen molar-refractivity contribution in [2.45, 2.75) is 13.5 Å². The van der Waals surface area contributed by atoms with Crippen LogP contribution in [0.4, 0.5) is 21.9 Å². The zero-order valence-corrected chi connectivity index (χ0v) is 17.4. The topological polar surface area (TPSA) is 73.5 Å². The molecule has 0 aliphatic carbocycles. The van der Waals surface area contributed by atoms with E-state index in [1.165, 1.54) is 0 Å². The molecule has 0 radical (unpaired) electrons. The smallest absolute Gasteiger partial charge is 0.323 e. The number of benzene rings is 3. The minimum Gasteiger partial charge on any atom is -0.378 e. The Morgan fingerprint density at radius 1 is 0.833 bits per heavy atom. The van der Waals surface area contributed by atoms with Gasteiger partial charge < -0.3 is 20.9 Å². The summed E-state index contributed by atoms with van der Waals surface area (Å²) < 4.78 is 0. The molecule has 0 heterocycles. The highest BCUT2D eigenvalue weighted by molar-refractivity contribution is 5.99. The first-order valence-corrected chi connectivity index (χ1v) is 9.70. The molecule has 0 unspecified atom stereocenters. The lowest BCUT2D eigenvalue weighted by Gasteiger charge is -2.14. The second kappa shape index (κ2) is 9.60. The number of carbonyl (C=O) groups is 2. The van der Waals surface area contributed by atoms with Crippen LogP contribution in [0.1, 0.15) is 21.5 Å². The third kappa shape index (κ3) is 5.85. The monoisotopic (exact) mass is 402 g/mol. The number of amides is 3. The molecule has 154 valence electrons. The lowest BCUT2D eigenvalue weighted by Crippen LogP contribution is -2.23. The van der Waals surface area contributed by atoms with Crippen LogP contribution < -0.4 is 20.9 Å². The van der Waals surface area contributed by atoms with Gasteiger partial charge >= 0.3 is 6.03 Å². The fourth-order valence-electron chi connectivity index (χ4n) is 2.99. The Morgan fingerprint density at radius 3 is 2.20 bits per heavy atom. The Hall–Kier alpha value is -3.80. The molecule has 30 heavy (non-hydrogen) atoms. The Balaban J connectivity index is 1.58. The quantitative estimate of drug-likeness (QED) is 0.563. The lowest BCUT2D eigenvalue weighted by molar-refractivity contribution is 0.0951. The number of urea groups is 1. The molecule has 0 atom stereocenters. The fourth-order valence-corrected chi connectivity index (χ4v) is 2.99. The van der Waals surface area contributed by atoms with E-state index in [1.54, 1.807) is 6.07 Å². The molecule has 3 aromatic rings. The summed E-state index contributed by atoms with van der Waals surface area (Å²) >= 11 is 0. The maximum Gasteiger partial charge on any atom is 0.323 e. The molecule has 0 saturated heterocycles. The van der Waals surface area contributed by atoms with Gasteiger partial charge in [-0.05, 0) is 60.5 Å². The van der Waals surface area contributed by atoms with Gasteiger partial charge in [-0.15, -0.1) is 0 Å². The molecule has 0 aromatic heterocycles. The van der Waals surface area contributed by atoms with Crippen molar-refractivity contribution in [2.24, 2.45) is 0 Å². The zero-order chi connectivity index (χ0) is 21.5. The van der Waals surface area contributed by atoms with Gasteiger partial charge in [-0.25, -0.2) is 4.79 Å². The van der Waals surface area contributed by atoms with E-state index in [4.69, 9.17) is 0 Å². The first-order valence-electron chi connectivity index (χ1n) is 9.70. The summed E-state index contributed by atoms with van der Waals surface area (Å²) in [7, 11) is 3.87. The van der Waals surface area contributed by atoms with E-state index in [9.17, 15) is 9.59 Å². The van der Waals surface area contributed by atoms with Gasteiger partial charge in [0.2, 0.25) is 0 Å². The van der Waals surface area contributed by atoms with E-state index in [1.807, 2.05) is 92.6 Å². The molecule has 3 rings (SSSR count). The largest absolute Gasteiger partial charge is 0.378 e. The zero-order valence-electron chi connectivity index (χ0n) is 17.4. The third-order valence-corrected chi connectivity index (χ3v) is 4.54. The summed E-state index contributed by atoms with van der Waals surface area (Å²) in [5, 5.41) is 8.56. The average Bonchev–Trinajstić information content (AvgIpc) is 2.72. The number of aryl methyl sites for hydroxylation is 1. The van der Waals surface area contributed by atoms with Crippen LogP contribution in [0.3, 0.4) is 0 Å². The van der Waals surface area contributed by atoms with Crippen molar-refractivity contribution in [1.82, 2.24) is 5.32 Å². The first kappa shape index (κ1) is 20.9. The number of hydrogen-bond acceptors (Lipinski definition) is 3. The number of rotatable bonds is 6. The summed E-state index contributed by atoms with van der Waals surface area (Å²) in [5.74, 6) is -0.144. The molecular weight excluding hydrogens is 376 g/mol. The highest BCUT2D eigenvalue weighted by Crippen LogP contribution is 2.15.